The van der Waals surface area contributed by atoms with Crippen molar-refractivity contribution >= 4 is 23.7 Å². The summed E-state index contributed by atoms with van der Waals surface area (Å²) in [5, 5.41) is 12.8. The molecule has 2 N–H and O–H groups in total. The lowest BCUT2D eigenvalue weighted by Crippen LogP contribution is -2.48. The maximum atomic E-state index is 12.1. The first-order valence-electron chi connectivity index (χ1n) is 8.00. The molecule has 0 spiro atoms. The van der Waals surface area contributed by atoms with Crippen molar-refractivity contribution in [3.05, 3.63) is 34.9 Å². The van der Waals surface area contributed by atoms with Gasteiger partial charge < -0.3 is 15.2 Å². The van der Waals surface area contributed by atoms with Crippen molar-refractivity contribution in [2.24, 2.45) is 5.41 Å². The molecule has 1 unspecified atom stereocenters. The van der Waals surface area contributed by atoms with Gasteiger partial charge in [-0.2, -0.15) is 0 Å². The lowest BCUT2D eigenvalue weighted by molar-refractivity contribution is -0.140. The molecule has 2 rings (SSSR count). The van der Waals surface area contributed by atoms with Gasteiger partial charge in [-0.3, -0.25) is 0 Å². The number of carboxylic acids is 1. The molecular formula is C18H24ClNO4. The Bertz CT molecular complexity index is 634. The van der Waals surface area contributed by atoms with Crippen molar-refractivity contribution in [3.8, 4) is 0 Å². The van der Waals surface area contributed by atoms with Crippen LogP contribution in [0.2, 0.25) is 5.02 Å². The zero-order valence-electron chi connectivity index (χ0n) is 14.4. The molecule has 1 aromatic carbocycles. The Morgan fingerprint density at radius 1 is 1.29 bits per heavy atom. The summed E-state index contributed by atoms with van der Waals surface area (Å²) in [4.78, 5) is 24.0. The Kier molecular flexibility index (Phi) is 5.14. The van der Waals surface area contributed by atoms with Crippen molar-refractivity contribution in [1.29, 1.82) is 0 Å². The number of carbonyl (C=O) groups excluding carboxylic acids is 1. The van der Waals surface area contributed by atoms with E-state index < -0.39 is 29.6 Å². The number of halogens is 1. The molecule has 0 saturated heterocycles. The van der Waals surface area contributed by atoms with Crippen LogP contribution in [0.1, 0.15) is 52.0 Å². The van der Waals surface area contributed by atoms with Crippen LogP contribution in [0.3, 0.4) is 0 Å². The number of ether oxygens (including phenoxy) is 1. The molecule has 0 aromatic heterocycles. The fourth-order valence-electron chi connectivity index (χ4n) is 2.92. The predicted octanol–water partition coefficient (Wildman–Crippen LogP) is 4.20. The van der Waals surface area contributed by atoms with E-state index in [1.807, 2.05) is 19.1 Å². The van der Waals surface area contributed by atoms with E-state index in [1.54, 1.807) is 32.9 Å². The van der Waals surface area contributed by atoms with Crippen molar-refractivity contribution in [1.82, 2.24) is 5.32 Å². The zero-order chi connectivity index (χ0) is 18.1. The van der Waals surface area contributed by atoms with E-state index in [-0.39, 0.29) is 5.41 Å². The number of benzene rings is 1. The van der Waals surface area contributed by atoms with E-state index >= 15 is 0 Å². The largest absolute Gasteiger partial charge is 0.480 e. The second-order valence-corrected chi connectivity index (χ2v) is 8.02. The smallest absolute Gasteiger partial charge is 0.408 e. The molecule has 1 amide bonds. The third-order valence-electron chi connectivity index (χ3n) is 4.30. The molecule has 5 nitrogen and oxygen atoms in total. The van der Waals surface area contributed by atoms with Crippen LogP contribution in [-0.2, 0) is 9.53 Å². The summed E-state index contributed by atoms with van der Waals surface area (Å²) in [6, 6.07) is 6.08. The quantitative estimate of drug-likeness (QED) is 0.831. The third kappa shape index (κ3) is 4.41. The lowest BCUT2D eigenvalue weighted by Gasteiger charge is -2.31. The van der Waals surface area contributed by atoms with Gasteiger partial charge in [0.05, 0.1) is 0 Å². The van der Waals surface area contributed by atoms with Crippen LogP contribution in [0.15, 0.2) is 24.3 Å². The van der Waals surface area contributed by atoms with Gasteiger partial charge >= 0.3 is 12.1 Å². The van der Waals surface area contributed by atoms with Gasteiger partial charge in [-0.05, 0) is 50.7 Å². The number of alkyl carbamates (subject to hydrolysis) is 1. The first kappa shape index (κ1) is 18.6. The average Bonchev–Trinajstić information content (AvgIpc) is 3.16. The highest BCUT2D eigenvalue weighted by Crippen LogP contribution is 2.57. The predicted molar refractivity (Wildman–Crippen MR) is 92.3 cm³/mol. The standard InChI is InChI=1S/C18H24ClNO4/c1-17(2,3)24-16(23)20-14(15(21)22)13(18(4)9-10-18)11-7-5-6-8-12(11)19/h5-8,13-14H,9-10H2,1-4H3,(H,20,23)(H,21,22)/t13?,14-/m0/s1. The molecule has 132 valence electrons. The molecule has 0 heterocycles. The maximum Gasteiger partial charge on any atom is 0.408 e. The molecule has 0 radical (unpaired) electrons. The highest BCUT2D eigenvalue weighted by atomic mass is 35.5. The molecular weight excluding hydrogens is 330 g/mol. The number of carbonyl (C=O) groups is 2. The summed E-state index contributed by atoms with van der Waals surface area (Å²) in [5.41, 5.74) is -0.165. The number of rotatable bonds is 5. The van der Waals surface area contributed by atoms with E-state index in [1.165, 1.54) is 0 Å². The minimum Gasteiger partial charge on any atom is -0.480 e. The van der Waals surface area contributed by atoms with Gasteiger partial charge in [0.15, 0.2) is 0 Å². The van der Waals surface area contributed by atoms with E-state index in [2.05, 4.69) is 5.32 Å². The Hall–Kier alpha value is -1.75. The summed E-state index contributed by atoms with van der Waals surface area (Å²) in [6.07, 6.45) is 1.04. The van der Waals surface area contributed by atoms with Crippen molar-refractivity contribution in [2.45, 2.75) is 58.1 Å². The SMILES string of the molecule is CC(C)(C)OC(=O)N[C@H](C(=O)O)C(c1ccccc1Cl)C1(C)CC1. The summed E-state index contributed by atoms with van der Waals surface area (Å²) in [5.74, 6) is -1.52. The Labute approximate surface area is 147 Å². The minimum absolute atomic E-state index is 0.205. The first-order chi connectivity index (χ1) is 11.0. The molecule has 1 saturated carbocycles. The van der Waals surface area contributed by atoms with E-state index in [4.69, 9.17) is 16.3 Å². The molecule has 2 atom stereocenters. The van der Waals surface area contributed by atoms with Gasteiger partial charge in [0.2, 0.25) is 0 Å². The van der Waals surface area contributed by atoms with Crippen molar-refractivity contribution in [2.75, 3.05) is 0 Å². The second kappa shape index (κ2) is 6.63. The molecule has 1 fully saturated rings. The van der Waals surface area contributed by atoms with Crippen molar-refractivity contribution < 1.29 is 19.4 Å². The number of carboxylic acid groups (broad SMARTS) is 1. The van der Waals surface area contributed by atoms with Crippen LogP contribution in [0.4, 0.5) is 4.79 Å². The van der Waals surface area contributed by atoms with Crippen molar-refractivity contribution in [3.63, 3.8) is 0 Å². The molecule has 1 aliphatic carbocycles. The first-order valence-corrected chi connectivity index (χ1v) is 8.38. The van der Waals surface area contributed by atoms with Gasteiger partial charge in [-0.25, -0.2) is 9.59 Å². The second-order valence-electron chi connectivity index (χ2n) is 7.62. The highest BCUT2D eigenvalue weighted by Gasteiger charge is 2.52. The Balaban J connectivity index is 2.33. The van der Waals surface area contributed by atoms with Crippen LogP contribution in [0.5, 0.6) is 0 Å². The number of hydrogen-bond donors (Lipinski definition) is 2. The van der Waals surface area contributed by atoms with Gasteiger partial charge in [-0.1, -0.05) is 36.7 Å². The number of hydrogen-bond acceptors (Lipinski definition) is 3. The third-order valence-corrected chi connectivity index (χ3v) is 4.65. The molecule has 1 aromatic rings. The van der Waals surface area contributed by atoms with Gasteiger partial charge in [0, 0.05) is 10.9 Å². The maximum absolute atomic E-state index is 12.1. The molecule has 24 heavy (non-hydrogen) atoms. The van der Waals surface area contributed by atoms with E-state index in [9.17, 15) is 14.7 Å². The topological polar surface area (TPSA) is 75.6 Å². The fraction of sp³-hybridized carbons (Fsp3) is 0.556. The summed E-state index contributed by atoms with van der Waals surface area (Å²) < 4.78 is 5.22. The molecule has 1 aliphatic rings. The minimum atomic E-state index is -1.10. The summed E-state index contributed by atoms with van der Waals surface area (Å²) in [7, 11) is 0. The van der Waals surface area contributed by atoms with Crippen LogP contribution >= 0.6 is 11.6 Å². The molecule has 0 bridgehead atoms. The number of amides is 1. The number of nitrogens with one attached hydrogen (secondary N) is 1. The zero-order valence-corrected chi connectivity index (χ0v) is 15.2. The van der Waals surface area contributed by atoms with Gasteiger partial charge in [0.25, 0.3) is 0 Å². The van der Waals surface area contributed by atoms with E-state index in [0.29, 0.717) is 5.02 Å². The van der Waals surface area contributed by atoms with E-state index in [0.717, 1.165) is 18.4 Å². The monoisotopic (exact) mass is 353 g/mol. The summed E-state index contributed by atoms with van der Waals surface area (Å²) in [6.45, 7) is 7.22. The normalized spacial score (nSPS) is 18.4. The Morgan fingerprint density at radius 2 is 1.88 bits per heavy atom. The van der Waals surface area contributed by atoms with Crippen LogP contribution in [-0.4, -0.2) is 28.8 Å². The fourth-order valence-corrected chi connectivity index (χ4v) is 3.17. The summed E-state index contributed by atoms with van der Waals surface area (Å²) >= 11 is 6.31. The van der Waals surface area contributed by atoms with Gasteiger partial charge in [-0.15, -0.1) is 0 Å². The van der Waals surface area contributed by atoms with Crippen LogP contribution in [0.25, 0.3) is 0 Å². The average molecular weight is 354 g/mol. The van der Waals surface area contributed by atoms with Crippen LogP contribution in [0, 0.1) is 5.41 Å². The lowest BCUT2D eigenvalue weighted by atomic mass is 9.79. The molecule has 6 heteroatoms. The van der Waals surface area contributed by atoms with Crippen LogP contribution < -0.4 is 5.32 Å². The molecule has 0 aliphatic heterocycles. The Morgan fingerprint density at radius 3 is 2.33 bits per heavy atom. The highest BCUT2D eigenvalue weighted by molar-refractivity contribution is 6.31. The van der Waals surface area contributed by atoms with Gasteiger partial charge in [0.1, 0.15) is 11.6 Å². The number of aliphatic carboxylic acids is 1.